The molecule has 0 saturated heterocycles. The smallest absolute Gasteiger partial charge is 0.133 e. The van der Waals surface area contributed by atoms with E-state index in [9.17, 15) is 0 Å². The minimum atomic E-state index is -0.170. The monoisotopic (exact) mass is 625 g/mol. The number of fused-ring (bicyclic) bond motifs is 8. The maximum Gasteiger partial charge on any atom is 0.133 e. The van der Waals surface area contributed by atoms with Crippen molar-refractivity contribution in [1.82, 2.24) is 9.88 Å². The maximum absolute atomic E-state index is 5.33. The van der Waals surface area contributed by atoms with Crippen molar-refractivity contribution in [2.24, 2.45) is 4.99 Å². The highest BCUT2D eigenvalue weighted by molar-refractivity contribution is 6.28. The van der Waals surface area contributed by atoms with Gasteiger partial charge in [0, 0.05) is 27.4 Å². The molecule has 0 aliphatic carbocycles. The zero-order chi connectivity index (χ0) is 32.3. The molecule has 1 atom stereocenters. The molecule has 230 valence electrons. The van der Waals surface area contributed by atoms with Gasteiger partial charge in [-0.3, -0.25) is 4.99 Å². The molecule has 2 heterocycles. The van der Waals surface area contributed by atoms with Crippen molar-refractivity contribution in [3.8, 4) is 5.69 Å². The van der Waals surface area contributed by atoms with Gasteiger partial charge < -0.3 is 9.88 Å². The summed E-state index contributed by atoms with van der Waals surface area (Å²) in [5.41, 5.74) is 8.04. The van der Waals surface area contributed by atoms with E-state index in [1.54, 1.807) is 0 Å². The summed E-state index contributed by atoms with van der Waals surface area (Å²) in [5, 5.41) is 13.7. The van der Waals surface area contributed by atoms with Gasteiger partial charge >= 0.3 is 0 Å². The van der Waals surface area contributed by atoms with E-state index in [4.69, 9.17) is 4.99 Å². The molecule has 1 unspecified atom stereocenters. The molecule has 1 aromatic heterocycles. The normalized spacial score (nSPS) is 14.7. The lowest BCUT2D eigenvalue weighted by molar-refractivity contribution is 0.888. The summed E-state index contributed by atoms with van der Waals surface area (Å²) in [6.45, 7) is 0. The van der Waals surface area contributed by atoms with Gasteiger partial charge in [0.1, 0.15) is 5.84 Å². The van der Waals surface area contributed by atoms with E-state index in [2.05, 4.69) is 180 Å². The van der Waals surface area contributed by atoms with Gasteiger partial charge in [-0.2, -0.15) is 0 Å². The Morgan fingerprint density at radius 2 is 0.980 bits per heavy atom. The fraction of sp³-hybridized carbons (Fsp3) is 0.0217. The summed E-state index contributed by atoms with van der Waals surface area (Å²) in [5.74, 6) is 0.876. The molecule has 0 amide bonds. The summed E-state index contributed by atoms with van der Waals surface area (Å²) in [6, 6.07) is 60.8. The van der Waals surface area contributed by atoms with Crippen LogP contribution in [0, 0.1) is 0 Å². The number of nitrogens with zero attached hydrogens (tertiary/aromatic N) is 2. The first-order valence-corrected chi connectivity index (χ1v) is 16.8. The molecule has 0 radical (unpaired) electrons. The van der Waals surface area contributed by atoms with Crippen molar-refractivity contribution in [3.63, 3.8) is 0 Å². The number of benzene rings is 8. The van der Waals surface area contributed by atoms with E-state index in [0.717, 1.165) is 22.7 Å². The van der Waals surface area contributed by atoms with Crippen LogP contribution in [-0.4, -0.2) is 10.4 Å². The van der Waals surface area contributed by atoms with Crippen molar-refractivity contribution < 1.29 is 0 Å². The molecule has 9 aromatic rings. The van der Waals surface area contributed by atoms with Gasteiger partial charge in [0.15, 0.2) is 0 Å². The van der Waals surface area contributed by atoms with E-state index < -0.39 is 0 Å². The van der Waals surface area contributed by atoms with Crippen molar-refractivity contribution >= 4 is 65.7 Å². The SMILES string of the molecule is C1=C(c2ccccc2)NC(c2ccccc2)=NC1c1ccc(-n2c3ccc4ccccc4c3c3c4ccccc4ccc32)c2ccccc12. The van der Waals surface area contributed by atoms with Crippen LogP contribution in [0.5, 0.6) is 0 Å². The number of rotatable bonds is 4. The predicted molar refractivity (Wildman–Crippen MR) is 207 cm³/mol. The molecule has 8 aromatic carbocycles. The molecule has 0 saturated carbocycles. The van der Waals surface area contributed by atoms with Crippen LogP contribution in [0.25, 0.3) is 65.5 Å². The second kappa shape index (κ2) is 11.1. The van der Waals surface area contributed by atoms with Crippen molar-refractivity contribution in [2.75, 3.05) is 0 Å². The van der Waals surface area contributed by atoms with Crippen molar-refractivity contribution in [1.29, 1.82) is 0 Å². The van der Waals surface area contributed by atoms with Gasteiger partial charge in [0.2, 0.25) is 0 Å². The molecule has 0 spiro atoms. The van der Waals surface area contributed by atoms with Gasteiger partial charge in [0.05, 0.1) is 22.8 Å². The van der Waals surface area contributed by atoms with Gasteiger partial charge in [-0.25, -0.2) is 0 Å². The lowest BCUT2D eigenvalue weighted by atomic mass is 9.95. The van der Waals surface area contributed by atoms with E-state index in [-0.39, 0.29) is 6.04 Å². The summed E-state index contributed by atoms with van der Waals surface area (Å²) in [7, 11) is 0. The molecule has 1 aliphatic heterocycles. The minimum Gasteiger partial charge on any atom is -0.340 e. The Balaban J connectivity index is 1.24. The number of hydrogen-bond acceptors (Lipinski definition) is 2. The third-order valence-corrected chi connectivity index (χ3v) is 10.0. The molecule has 49 heavy (non-hydrogen) atoms. The van der Waals surface area contributed by atoms with E-state index in [0.29, 0.717) is 0 Å². The van der Waals surface area contributed by atoms with Crippen molar-refractivity contribution in [3.05, 3.63) is 193 Å². The lowest BCUT2D eigenvalue weighted by Crippen LogP contribution is -2.27. The van der Waals surface area contributed by atoms with Crippen LogP contribution in [0.4, 0.5) is 0 Å². The first-order valence-electron chi connectivity index (χ1n) is 16.8. The summed E-state index contributed by atoms with van der Waals surface area (Å²) in [6.07, 6.45) is 2.27. The third-order valence-electron chi connectivity index (χ3n) is 10.0. The first-order chi connectivity index (χ1) is 24.3. The Morgan fingerprint density at radius 1 is 0.449 bits per heavy atom. The van der Waals surface area contributed by atoms with Crippen LogP contribution < -0.4 is 5.32 Å². The second-order valence-electron chi connectivity index (χ2n) is 12.8. The fourth-order valence-electron chi connectivity index (χ4n) is 7.79. The third kappa shape index (κ3) is 4.40. The van der Waals surface area contributed by atoms with Gasteiger partial charge in [-0.15, -0.1) is 0 Å². The van der Waals surface area contributed by atoms with Crippen LogP contribution in [0.1, 0.15) is 22.7 Å². The number of aliphatic imine (C=N–C) groups is 1. The topological polar surface area (TPSA) is 29.3 Å². The zero-order valence-corrected chi connectivity index (χ0v) is 26.7. The van der Waals surface area contributed by atoms with Crippen LogP contribution in [0.15, 0.2) is 181 Å². The van der Waals surface area contributed by atoms with E-state index in [1.165, 1.54) is 65.4 Å². The Kier molecular flexibility index (Phi) is 6.25. The lowest BCUT2D eigenvalue weighted by Gasteiger charge is -2.24. The summed E-state index contributed by atoms with van der Waals surface area (Å²) < 4.78 is 2.47. The van der Waals surface area contributed by atoms with Crippen molar-refractivity contribution in [2.45, 2.75) is 6.04 Å². The first kappa shape index (κ1) is 27.6. The number of hydrogen-bond donors (Lipinski definition) is 1. The molecular formula is C46H31N3. The molecule has 1 aliphatic rings. The van der Waals surface area contributed by atoms with E-state index in [1.807, 2.05) is 6.07 Å². The highest BCUT2D eigenvalue weighted by Gasteiger charge is 2.23. The summed E-state index contributed by atoms with van der Waals surface area (Å²) in [4.78, 5) is 5.33. The van der Waals surface area contributed by atoms with Crippen LogP contribution in [0.2, 0.25) is 0 Å². The fourth-order valence-corrected chi connectivity index (χ4v) is 7.79. The van der Waals surface area contributed by atoms with Crippen LogP contribution >= 0.6 is 0 Å². The maximum atomic E-state index is 5.33. The van der Waals surface area contributed by atoms with Gasteiger partial charge in [0.25, 0.3) is 0 Å². The Bertz CT molecular complexity index is 2640. The molecular weight excluding hydrogens is 595 g/mol. The highest BCUT2D eigenvalue weighted by atomic mass is 15.0. The Labute approximate surface area is 284 Å². The zero-order valence-electron chi connectivity index (χ0n) is 26.7. The van der Waals surface area contributed by atoms with Gasteiger partial charge in [-0.05, 0) is 62.3 Å². The molecule has 1 N–H and O–H groups in total. The number of nitrogens with one attached hydrogen (secondary N) is 1. The number of amidine groups is 1. The average molecular weight is 626 g/mol. The molecule has 0 fully saturated rings. The molecule has 3 nitrogen and oxygen atoms in total. The molecule has 0 bridgehead atoms. The largest absolute Gasteiger partial charge is 0.340 e. The molecule has 3 heteroatoms. The van der Waals surface area contributed by atoms with Gasteiger partial charge in [-0.1, -0.05) is 152 Å². The van der Waals surface area contributed by atoms with Crippen LogP contribution in [-0.2, 0) is 0 Å². The Hall–Kier alpha value is -6.45. The Morgan fingerprint density at radius 3 is 1.61 bits per heavy atom. The molecule has 10 rings (SSSR count). The average Bonchev–Trinajstić information content (AvgIpc) is 3.53. The quantitative estimate of drug-likeness (QED) is 0.207. The predicted octanol–water partition coefficient (Wildman–Crippen LogP) is 11.4. The standard InChI is InChI=1S/C46H31N3/c1-3-15-32(16-4-1)39-29-40(48-46(47-39)33-17-5-2-6-18-33)37-25-28-41(38-22-12-11-21-36(37)38)49-42-26-23-30-13-7-9-19-34(30)44(42)45-35-20-10-8-14-31(35)24-27-43(45)49/h1-29,40H,(H,47,48). The highest BCUT2D eigenvalue weighted by Crippen LogP contribution is 2.43. The van der Waals surface area contributed by atoms with Crippen LogP contribution in [0.3, 0.4) is 0 Å². The summed E-state index contributed by atoms with van der Waals surface area (Å²) >= 11 is 0. The number of aromatic nitrogens is 1. The second-order valence-corrected chi connectivity index (χ2v) is 12.8. The minimum absolute atomic E-state index is 0.170. The van der Waals surface area contributed by atoms with E-state index >= 15 is 0 Å².